The first kappa shape index (κ1) is 21.9. The van der Waals surface area contributed by atoms with Gasteiger partial charge in [-0.2, -0.15) is 5.48 Å². The van der Waals surface area contributed by atoms with Crippen molar-refractivity contribution in [2.24, 2.45) is 5.84 Å². The van der Waals surface area contributed by atoms with Crippen molar-refractivity contribution in [1.29, 1.82) is 0 Å². The zero-order valence-corrected chi connectivity index (χ0v) is 18.9. The van der Waals surface area contributed by atoms with Crippen molar-refractivity contribution in [1.82, 2.24) is 15.4 Å². The number of nitrogens with zero attached hydrogens (tertiary/aromatic N) is 2. The Balaban J connectivity index is 1.76. The molecule has 2 aromatic carbocycles. The van der Waals surface area contributed by atoms with E-state index in [2.05, 4.69) is 65.3 Å². The molecule has 4 rings (SSSR count). The number of benzene rings is 2. The number of rotatable bonds is 6. The van der Waals surface area contributed by atoms with E-state index in [1.165, 1.54) is 0 Å². The molecule has 6 heteroatoms. The topological polar surface area (TPSA) is 85.1 Å². The van der Waals surface area contributed by atoms with Gasteiger partial charge >= 0.3 is 0 Å². The number of hydrogen-bond donors (Lipinski definition) is 3. The Kier molecular flexibility index (Phi) is 6.19. The number of nitrogens with two attached hydrogens (primary N) is 1. The van der Waals surface area contributed by atoms with Gasteiger partial charge in [0.15, 0.2) is 0 Å². The number of fused-ring (bicyclic) bond motifs is 1. The Labute approximate surface area is 188 Å². The molecule has 0 amide bonds. The average molecular weight is 428 g/mol. The fourth-order valence-corrected chi connectivity index (χ4v) is 3.53. The van der Waals surface area contributed by atoms with Crippen LogP contribution in [0.2, 0.25) is 0 Å². The lowest BCUT2D eigenvalue weighted by molar-refractivity contribution is -0.0866. The third-order valence-electron chi connectivity index (χ3n) is 5.19. The Morgan fingerprint density at radius 1 is 0.938 bits per heavy atom. The van der Waals surface area contributed by atoms with Crippen LogP contribution in [0, 0.1) is 0 Å². The van der Waals surface area contributed by atoms with E-state index >= 15 is 0 Å². The van der Waals surface area contributed by atoms with Gasteiger partial charge in [0.25, 0.3) is 0 Å². The summed E-state index contributed by atoms with van der Waals surface area (Å²) in [6.45, 7) is 8.15. The quantitative estimate of drug-likeness (QED) is 0.273. The number of nitrogen functional groups attached to an aromatic ring is 1. The van der Waals surface area contributed by atoms with Gasteiger partial charge in [-0.05, 0) is 51.0 Å². The summed E-state index contributed by atoms with van der Waals surface area (Å²) in [4.78, 5) is 15.1. The molecule has 6 nitrogen and oxygen atoms in total. The highest BCUT2D eigenvalue weighted by Gasteiger charge is 2.16. The SMILES string of the molecule is C[C@@H](NOC(C)(C)C)c1ccc(-c2nc3ccnc(NN)c3cc2-c2ccccc2)cc1. The molecule has 4 aromatic rings. The van der Waals surface area contributed by atoms with Gasteiger partial charge in [-0.15, -0.1) is 0 Å². The lowest BCUT2D eigenvalue weighted by Crippen LogP contribution is -2.30. The maximum atomic E-state index is 5.72. The number of nitrogens with one attached hydrogen (secondary N) is 2. The summed E-state index contributed by atoms with van der Waals surface area (Å²) in [5.41, 5.74) is 11.6. The molecule has 0 spiro atoms. The molecule has 0 saturated heterocycles. The second-order valence-corrected chi connectivity index (χ2v) is 8.80. The van der Waals surface area contributed by atoms with Gasteiger partial charge < -0.3 is 5.43 Å². The van der Waals surface area contributed by atoms with Crippen molar-refractivity contribution in [2.45, 2.75) is 39.3 Å². The number of hydrogen-bond acceptors (Lipinski definition) is 6. The van der Waals surface area contributed by atoms with E-state index in [1.54, 1.807) is 6.20 Å². The minimum absolute atomic E-state index is 0.0608. The van der Waals surface area contributed by atoms with E-state index in [1.807, 2.05) is 45.0 Å². The summed E-state index contributed by atoms with van der Waals surface area (Å²) >= 11 is 0. The predicted octanol–water partition coefficient (Wildman–Crippen LogP) is 5.63. The van der Waals surface area contributed by atoms with E-state index in [4.69, 9.17) is 15.7 Å². The molecule has 0 radical (unpaired) electrons. The van der Waals surface area contributed by atoms with Crippen LogP contribution in [0.4, 0.5) is 5.82 Å². The summed E-state index contributed by atoms with van der Waals surface area (Å²) in [6.07, 6.45) is 1.71. The van der Waals surface area contributed by atoms with Crippen LogP contribution in [0.15, 0.2) is 72.9 Å². The van der Waals surface area contributed by atoms with Crippen LogP contribution in [0.3, 0.4) is 0 Å². The Morgan fingerprint density at radius 2 is 1.66 bits per heavy atom. The normalized spacial score (nSPS) is 12.7. The van der Waals surface area contributed by atoms with E-state index in [0.717, 1.165) is 38.9 Å². The highest BCUT2D eigenvalue weighted by Crippen LogP contribution is 2.35. The van der Waals surface area contributed by atoms with Crippen molar-refractivity contribution in [3.63, 3.8) is 0 Å². The molecule has 2 aromatic heterocycles. The van der Waals surface area contributed by atoms with E-state index in [-0.39, 0.29) is 11.6 Å². The molecular weight excluding hydrogens is 398 g/mol. The summed E-state index contributed by atoms with van der Waals surface area (Å²) in [5.74, 6) is 6.30. The maximum Gasteiger partial charge on any atom is 0.149 e. The molecule has 164 valence electrons. The molecule has 1 atom stereocenters. The van der Waals surface area contributed by atoms with E-state index in [0.29, 0.717) is 5.82 Å². The second kappa shape index (κ2) is 9.04. The third-order valence-corrected chi connectivity index (χ3v) is 5.19. The van der Waals surface area contributed by atoms with Gasteiger partial charge in [0, 0.05) is 22.7 Å². The number of hydroxylamine groups is 1. The Morgan fingerprint density at radius 3 is 2.31 bits per heavy atom. The second-order valence-electron chi connectivity index (χ2n) is 8.80. The van der Waals surface area contributed by atoms with Crippen molar-refractivity contribution in [3.8, 4) is 22.4 Å². The average Bonchev–Trinajstić information content (AvgIpc) is 2.81. The van der Waals surface area contributed by atoms with Crippen LogP contribution in [-0.2, 0) is 4.84 Å². The van der Waals surface area contributed by atoms with E-state index < -0.39 is 0 Å². The van der Waals surface area contributed by atoms with Crippen molar-refractivity contribution < 1.29 is 4.84 Å². The highest BCUT2D eigenvalue weighted by molar-refractivity contribution is 5.96. The maximum absolute atomic E-state index is 5.72. The highest BCUT2D eigenvalue weighted by atomic mass is 16.7. The Hall–Kier alpha value is -3.32. The van der Waals surface area contributed by atoms with Gasteiger partial charge in [-0.25, -0.2) is 15.8 Å². The molecule has 0 aliphatic carbocycles. The van der Waals surface area contributed by atoms with E-state index in [9.17, 15) is 0 Å². The van der Waals surface area contributed by atoms with Crippen LogP contribution < -0.4 is 16.7 Å². The van der Waals surface area contributed by atoms with Crippen LogP contribution in [0.1, 0.15) is 39.3 Å². The molecular formula is C26H29N5O. The molecule has 0 unspecified atom stereocenters. The third kappa shape index (κ3) is 4.78. The Bertz CT molecular complexity index is 1200. The van der Waals surface area contributed by atoms with Gasteiger partial charge in [0.2, 0.25) is 0 Å². The number of anilines is 1. The van der Waals surface area contributed by atoms with Gasteiger partial charge in [-0.1, -0.05) is 54.6 Å². The standard InChI is InChI=1S/C26H29N5O/c1-17(31-32-26(2,3)4)18-10-12-20(13-11-18)24-21(19-8-6-5-7-9-19)16-22-23(29-24)14-15-28-25(22)30-27/h5-17,31H,27H2,1-4H3,(H,28,30)/t17-/m1/s1. The predicted molar refractivity (Wildman–Crippen MR) is 131 cm³/mol. The summed E-state index contributed by atoms with van der Waals surface area (Å²) in [5, 5.41) is 0.881. The number of hydrazine groups is 1. The fraction of sp³-hybridized carbons (Fsp3) is 0.231. The summed E-state index contributed by atoms with van der Waals surface area (Å²) in [7, 11) is 0. The fourth-order valence-electron chi connectivity index (χ4n) is 3.53. The molecule has 0 saturated carbocycles. The smallest absolute Gasteiger partial charge is 0.149 e. The first-order chi connectivity index (χ1) is 15.4. The van der Waals surface area contributed by atoms with Gasteiger partial charge in [-0.3, -0.25) is 4.84 Å². The monoisotopic (exact) mass is 427 g/mol. The van der Waals surface area contributed by atoms with Gasteiger partial charge in [0.1, 0.15) is 5.82 Å². The minimum atomic E-state index is -0.250. The molecule has 0 fully saturated rings. The molecule has 0 bridgehead atoms. The molecule has 2 heterocycles. The molecule has 4 N–H and O–H groups in total. The van der Waals surface area contributed by atoms with Gasteiger partial charge in [0.05, 0.1) is 22.9 Å². The summed E-state index contributed by atoms with van der Waals surface area (Å²) in [6, 6.07) is 22.7. The minimum Gasteiger partial charge on any atom is -0.308 e. The zero-order valence-electron chi connectivity index (χ0n) is 18.9. The first-order valence-electron chi connectivity index (χ1n) is 10.7. The van der Waals surface area contributed by atoms with Crippen molar-refractivity contribution >= 4 is 16.7 Å². The first-order valence-corrected chi connectivity index (χ1v) is 10.7. The van der Waals surface area contributed by atoms with Crippen molar-refractivity contribution in [3.05, 3.63) is 78.5 Å². The lowest BCUT2D eigenvalue weighted by Gasteiger charge is -2.23. The largest absolute Gasteiger partial charge is 0.308 e. The zero-order chi connectivity index (χ0) is 22.7. The molecule has 32 heavy (non-hydrogen) atoms. The van der Waals surface area contributed by atoms with Crippen molar-refractivity contribution in [2.75, 3.05) is 5.43 Å². The lowest BCUT2D eigenvalue weighted by atomic mass is 9.96. The van der Waals surface area contributed by atoms with Crippen LogP contribution in [0.25, 0.3) is 33.3 Å². The van der Waals surface area contributed by atoms with Crippen LogP contribution in [-0.4, -0.2) is 15.6 Å². The molecule has 0 aliphatic heterocycles. The van der Waals surface area contributed by atoms with Crippen LogP contribution in [0.5, 0.6) is 0 Å². The number of aromatic nitrogens is 2. The number of pyridine rings is 2. The molecule has 0 aliphatic rings. The van der Waals surface area contributed by atoms with Crippen LogP contribution >= 0.6 is 0 Å². The summed E-state index contributed by atoms with van der Waals surface area (Å²) < 4.78 is 0.